The third kappa shape index (κ3) is 2.39. The van der Waals surface area contributed by atoms with Crippen LogP contribution in [0.4, 0.5) is 0 Å². The molecule has 3 aliphatic rings. The number of allylic oxidation sites excluding steroid dienone is 1. The van der Waals surface area contributed by atoms with E-state index in [0.717, 1.165) is 34.9 Å². The molecule has 0 radical (unpaired) electrons. The summed E-state index contributed by atoms with van der Waals surface area (Å²) in [5, 5.41) is 3.12. The zero-order valence-electron chi connectivity index (χ0n) is 13.7. The number of dihydropyridines is 1. The molecule has 0 saturated heterocycles. The van der Waals surface area contributed by atoms with Crippen LogP contribution in [-0.4, -0.2) is 30.2 Å². The number of hydrogen-bond acceptors (Lipinski definition) is 4. The molecule has 1 aromatic heterocycles. The smallest absolute Gasteiger partial charge is 0.268 e. The van der Waals surface area contributed by atoms with Crippen LogP contribution in [0.15, 0.2) is 22.0 Å². The fraction of sp³-hybridized carbons (Fsp3) is 0.444. The van der Waals surface area contributed by atoms with E-state index < -0.39 is 0 Å². The van der Waals surface area contributed by atoms with Crippen molar-refractivity contribution in [3.63, 3.8) is 0 Å². The molecule has 0 atom stereocenters. The van der Waals surface area contributed by atoms with Gasteiger partial charge in [0.2, 0.25) is 0 Å². The van der Waals surface area contributed by atoms with Gasteiger partial charge in [-0.2, -0.15) is 0 Å². The van der Waals surface area contributed by atoms with Crippen LogP contribution in [0.2, 0.25) is 0 Å². The van der Waals surface area contributed by atoms with Crippen molar-refractivity contribution in [1.29, 1.82) is 0 Å². The molecule has 1 amide bonds. The predicted molar refractivity (Wildman–Crippen MR) is 98.4 cm³/mol. The van der Waals surface area contributed by atoms with Gasteiger partial charge in [0.15, 0.2) is 6.29 Å². The van der Waals surface area contributed by atoms with Gasteiger partial charge in [-0.25, -0.2) is 0 Å². The second-order valence-corrected chi connectivity index (χ2v) is 9.45. The highest BCUT2D eigenvalue weighted by Gasteiger charge is 2.39. The highest BCUT2D eigenvalue weighted by atomic mass is 79.9. The highest BCUT2D eigenvalue weighted by Crippen LogP contribution is 2.45. The largest absolute Gasteiger partial charge is 0.385 e. The van der Waals surface area contributed by atoms with Gasteiger partial charge in [0.05, 0.1) is 16.1 Å². The number of carbonyl (C=O) groups is 2. The van der Waals surface area contributed by atoms with Crippen molar-refractivity contribution < 1.29 is 9.59 Å². The lowest BCUT2D eigenvalue weighted by Crippen LogP contribution is -2.39. The molecule has 1 N–H and O–H groups in total. The van der Waals surface area contributed by atoms with Crippen molar-refractivity contribution in [2.24, 2.45) is 5.41 Å². The second-order valence-electron chi connectivity index (χ2n) is 7.38. The van der Waals surface area contributed by atoms with E-state index in [1.165, 1.54) is 16.0 Å². The molecular weight excluding hydrogens is 388 g/mol. The van der Waals surface area contributed by atoms with Crippen molar-refractivity contribution >= 4 is 39.5 Å². The minimum absolute atomic E-state index is 0.0306. The van der Waals surface area contributed by atoms with E-state index in [1.807, 2.05) is 0 Å². The Bertz CT molecular complexity index is 819. The van der Waals surface area contributed by atoms with E-state index >= 15 is 0 Å². The van der Waals surface area contributed by atoms with Crippen LogP contribution in [0.1, 0.15) is 39.5 Å². The number of amides is 1. The van der Waals surface area contributed by atoms with Crippen LogP contribution >= 0.6 is 27.3 Å². The zero-order valence-corrected chi connectivity index (χ0v) is 16.1. The molecule has 24 heavy (non-hydrogen) atoms. The van der Waals surface area contributed by atoms with Crippen LogP contribution < -0.4 is 5.32 Å². The number of nitrogens with one attached hydrogen (secondary N) is 1. The van der Waals surface area contributed by atoms with Crippen molar-refractivity contribution in [2.45, 2.75) is 33.1 Å². The summed E-state index contributed by atoms with van der Waals surface area (Å²) in [5.74, 6) is 0.0306. The van der Waals surface area contributed by atoms with Crippen LogP contribution in [0.3, 0.4) is 0 Å². The van der Waals surface area contributed by atoms with E-state index in [2.05, 4.69) is 35.1 Å². The molecule has 0 unspecified atom stereocenters. The predicted octanol–water partition coefficient (Wildman–Crippen LogP) is 3.16. The van der Waals surface area contributed by atoms with Crippen LogP contribution in [0.5, 0.6) is 0 Å². The summed E-state index contributed by atoms with van der Waals surface area (Å²) >= 11 is 5.09. The minimum Gasteiger partial charge on any atom is -0.385 e. The minimum atomic E-state index is 0.0306. The summed E-state index contributed by atoms with van der Waals surface area (Å²) < 4.78 is 0.795. The van der Waals surface area contributed by atoms with Gasteiger partial charge in [0.25, 0.3) is 5.91 Å². The molecule has 2 aliphatic heterocycles. The Morgan fingerprint density at radius 2 is 2.12 bits per heavy atom. The molecule has 0 aromatic carbocycles. The molecule has 4 rings (SSSR count). The third-order valence-corrected chi connectivity index (χ3v) is 6.96. The van der Waals surface area contributed by atoms with Gasteiger partial charge in [-0.3, -0.25) is 9.59 Å². The maximum absolute atomic E-state index is 13.1. The lowest BCUT2D eigenvalue weighted by molar-refractivity contribution is -0.104. The highest BCUT2D eigenvalue weighted by molar-refractivity contribution is 9.11. The monoisotopic (exact) mass is 406 g/mol. The number of hydrogen-bond donors (Lipinski definition) is 1. The van der Waals surface area contributed by atoms with Gasteiger partial charge >= 0.3 is 0 Å². The number of nitrogens with zero attached hydrogens (tertiary/aromatic N) is 1. The van der Waals surface area contributed by atoms with Crippen LogP contribution in [-0.2, 0) is 24.1 Å². The fourth-order valence-corrected chi connectivity index (χ4v) is 5.92. The summed E-state index contributed by atoms with van der Waals surface area (Å²) in [6.07, 6.45) is 5.60. The number of fused-ring (bicyclic) bond motifs is 3. The maximum atomic E-state index is 13.1. The Morgan fingerprint density at radius 3 is 2.88 bits per heavy atom. The summed E-state index contributed by atoms with van der Waals surface area (Å²) in [6, 6.07) is 0. The molecule has 4 nitrogen and oxygen atoms in total. The Labute approximate surface area is 153 Å². The molecule has 1 aliphatic carbocycles. The van der Waals surface area contributed by atoms with E-state index in [4.69, 9.17) is 0 Å². The van der Waals surface area contributed by atoms with Gasteiger partial charge in [-0.05, 0) is 35.8 Å². The van der Waals surface area contributed by atoms with Gasteiger partial charge in [-0.1, -0.05) is 29.8 Å². The Hall–Kier alpha value is -1.40. The van der Waals surface area contributed by atoms with Crippen molar-refractivity contribution in [1.82, 2.24) is 10.2 Å². The Morgan fingerprint density at radius 1 is 1.33 bits per heavy atom. The standard InChI is InChI=1S/C18H19BrN2O2S/c1-18(2)5-11-10-3-4-21(17(23)16(10)24-15(11)6-18)14-8-20-7-13(19)12(14)9-22/h8-9,20H,3-7H2,1-2H3. The number of thiophene rings is 1. The van der Waals surface area contributed by atoms with E-state index in [1.54, 1.807) is 22.4 Å². The molecule has 6 heteroatoms. The molecule has 0 bridgehead atoms. The number of halogens is 1. The van der Waals surface area contributed by atoms with Crippen molar-refractivity contribution in [3.8, 4) is 0 Å². The number of carbonyl (C=O) groups excluding carboxylic acids is 2. The van der Waals surface area contributed by atoms with Crippen LogP contribution in [0.25, 0.3) is 0 Å². The zero-order chi connectivity index (χ0) is 17.1. The van der Waals surface area contributed by atoms with Gasteiger partial charge in [0, 0.05) is 28.6 Å². The van der Waals surface area contributed by atoms with Crippen molar-refractivity contribution in [2.75, 3.05) is 13.1 Å². The van der Waals surface area contributed by atoms with Gasteiger partial charge in [0.1, 0.15) is 0 Å². The fourth-order valence-electron chi connectivity index (χ4n) is 3.89. The Balaban J connectivity index is 1.70. The SMILES string of the molecule is CC1(C)Cc2sc3c(c2C1)CCN(C1=CNCC(Br)=C1C=O)C3=O. The average Bonchev–Trinajstić information content (AvgIpc) is 3.00. The first-order valence-corrected chi connectivity index (χ1v) is 9.75. The molecule has 3 heterocycles. The van der Waals surface area contributed by atoms with E-state index in [0.29, 0.717) is 29.8 Å². The first-order chi connectivity index (χ1) is 11.4. The molecule has 0 fully saturated rings. The molecule has 1 aromatic rings. The topological polar surface area (TPSA) is 49.4 Å². The summed E-state index contributed by atoms with van der Waals surface area (Å²) in [5.41, 5.74) is 4.21. The first kappa shape index (κ1) is 16.1. The van der Waals surface area contributed by atoms with E-state index in [-0.39, 0.29) is 5.91 Å². The van der Waals surface area contributed by atoms with Gasteiger partial charge in [-0.15, -0.1) is 11.3 Å². The quantitative estimate of drug-likeness (QED) is 0.767. The normalized spacial score (nSPS) is 22.0. The maximum Gasteiger partial charge on any atom is 0.268 e. The molecule has 0 spiro atoms. The Kier molecular flexibility index (Phi) is 3.73. The lowest BCUT2D eigenvalue weighted by atomic mass is 9.89. The van der Waals surface area contributed by atoms with Crippen LogP contribution in [0, 0.1) is 5.41 Å². The van der Waals surface area contributed by atoms with E-state index in [9.17, 15) is 9.59 Å². The third-order valence-electron chi connectivity index (χ3n) is 4.99. The number of aldehydes is 1. The summed E-state index contributed by atoms with van der Waals surface area (Å²) in [6.45, 7) is 5.79. The number of rotatable bonds is 2. The molecule has 0 saturated carbocycles. The molecule has 126 valence electrons. The average molecular weight is 407 g/mol. The summed E-state index contributed by atoms with van der Waals surface area (Å²) in [4.78, 5) is 28.5. The second kappa shape index (κ2) is 5.56. The molecular formula is C18H19BrN2O2S. The summed E-state index contributed by atoms with van der Waals surface area (Å²) in [7, 11) is 0. The van der Waals surface area contributed by atoms with Crippen molar-refractivity contribution in [3.05, 3.63) is 42.8 Å². The first-order valence-electron chi connectivity index (χ1n) is 8.14. The van der Waals surface area contributed by atoms with Gasteiger partial charge < -0.3 is 10.2 Å². The lowest BCUT2D eigenvalue weighted by Gasteiger charge is -2.31.